The number of para-hydroxylation sites is 1. The molecule has 0 aromatic heterocycles. The molecule has 4 rings (SSSR count). The number of methoxy groups -OCH3 is 3. The normalized spacial score (nSPS) is 15.7. The van der Waals surface area contributed by atoms with Crippen LogP contribution in [0.15, 0.2) is 65.6 Å². The van der Waals surface area contributed by atoms with Crippen molar-refractivity contribution in [1.29, 1.82) is 0 Å². The molecule has 1 aliphatic heterocycles. The van der Waals surface area contributed by atoms with Crippen molar-refractivity contribution < 1.29 is 19.3 Å². The van der Waals surface area contributed by atoms with Gasteiger partial charge in [0.2, 0.25) is 0 Å². The largest absolute Gasteiger partial charge is 0.507 e. The second kappa shape index (κ2) is 9.43. The molecule has 0 spiro atoms. The van der Waals surface area contributed by atoms with Gasteiger partial charge in [0.1, 0.15) is 23.0 Å². The van der Waals surface area contributed by atoms with E-state index in [0.29, 0.717) is 12.3 Å². The Morgan fingerprint density at radius 3 is 2.42 bits per heavy atom. The van der Waals surface area contributed by atoms with Gasteiger partial charge in [-0.05, 0) is 42.8 Å². The lowest BCUT2D eigenvalue weighted by Crippen LogP contribution is -2.24. The van der Waals surface area contributed by atoms with E-state index in [9.17, 15) is 5.11 Å². The fourth-order valence-corrected chi connectivity index (χ4v) is 5.26. The Morgan fingerprint density at radius 2 is 1.68 bits per heavy atom. The van der Waals surface area contributed by atoms with Crippen LogP contribution in [0.2, 0.25) is 0 Å². The van der Waals surface area contributed by atoms with Gasteiger partial charge in [0.25, 0.3) is 0 Å². The van der Waals surface area contributed by atoms with Crippen molar-refractivity contribution in [3.8, 4) is 23.0 Å². The predicted molar refractivity (Wildman–Crippen MR) is 125 cm³/mol. The molecule has 0 fully saturated rings. The maximum absolute atomic E-state index is 10.5. The molecule has 162 valence electrons. The molecule has 0 aliphatic carbocycles. The number of rotatable bonds is 6. The number of fused-ring (bicyclic) bond motifs is 1. The van der Waals surface area contributed by atoms with E-state index in [1.54, 1.807) is 27.4 Å². The minimum Gasteiger partial charge on any atom is -0.507 e. The molecule has 0 bridgehead atoms. The first-order valence-corrected chi connectivity index (χ1v) is 11.1. The molecule has 0 amide bonds. The summed E-state index contributed by atoms with van der Waals surface area (Å²) in [5.41, 5.74) is 3.19. The van der Waals surface area contributed by atoms with Crippen molar-refractivity contribution in [2.24, 2.45) is 0 Å². The SMILES string of the molecule is COc1ccc(CN2CCC(c3ccccc3OC)Sc3cc(OC)ccc32)c(O)c1. The van der Waals surface area contributed by atoms with E-state index in [1.807, 2.05) is 42.1 Å². The van der Waals surface area contributed by atoms with E-state index < -0.39 is 0 Å². The zero-order valence-corrected chi connectivity index (χ0v) is 18.8. The monoisotopic (exact) mass is 437 g/mol. The smallest absolute Gasteiger partial charge is 0.124 e. The average Bonchev–Trinajstić information content (AvgIpc) is 2.99. The second-order valence-corrected chi connectivity index (χ2v) is 8.63. The van der Waals surface area contributed by atoms with Crippen molar-refractivity contribution >= 4 is 17.4 Å². The summed E-state index contributed by atoms with van der Waals surface area (Å²) in [4.78, 5) is 3.47. The number of phenols is 1. The summed E-state index contributed by atoms with van der Waals surface area (Å²) < 4.78 is 16.4. The standard InChI is InChI=1S/C25H27NO4S/c1-28-18-9-8-17(22(27)14-18)16-26-13-12-24(20-6-4-5-7-23(20)30-3)31-25-15-19(29-2)10-11-21(25)26/h4-11,14-15,24,27H,12-13,16H2,1-3H3. The fourth-order valence-electron chi connectivity index (χ4n) is 3.91. The molecular formula is C25H27NO4S. The summed E-state index contributed by atoms with van der Waals surface area (Å²) in [6.07, 6.45) is 0.943. The molecule has 1 N–H and O–H groups in total. The Balaban J connectivity index is 1.69. The lowest BCUT2D eigenvalue weighted by Gasteiger charge is -2.25. The van der Waals surface area contributed by atoms with Gasteiger partial charge in [0, 0.05) is 40.4 Å². The fraction of sp³-hybridized carbons (Fsp3) is 0.280. The number of ether oxygens (including phenoxy) is 3. The van der Waals surface area contributed by atoms with E-state index in [0.717, 1.165) is 40.6 Å². The van der Waals surface area contributed by atoms with Gasteiger partial charge in [-0.2, -0.15) is 0 Å². The quantitative estimate of drug-likeness (QED) is 0.537. The minimum absolute atomic E-state index is 0.243. The van der Waals surface area contributed by atoms with Gasteiger partial charge in [-0.15, -0.1) is 11.8 Å². The van der Waals surface area contributed by atoms with Gasteiger partial charge in [-0.1, -0.05) is 18.2 Å². The third-order valence-electron chi connectivity index (χ3n) is 5.58. The number of nitrogens with zero attached hydrogens (tertiary/aromatic N) is 1. The molecule has 3 aromatic rings. The van der Waals surface area contributed by atoms with Crippen LogP contribution >= 0.6 is 11.8 Å². The number of hydrogen-bond donors (Lipinski definition) is 1. The maximum Gasteiger partial charge on any atom is 0.124 e. The number of aromatic hydroxyl groups is 1. The molecule has 31 heavy (non-hydrogen) atoms. The summed E-state index contributed by atoms with van der Waals surface area (Å²) in [7, 11) is 5.01. The molecule has 0 saturated heterocycles. The van der Waals surface area contributed by atoms with Crippen LogP contribution in [-0.2, 0) is 6.54 Å². The van der Waals surface area contributed by atoms with Crippen molar-refractivity contribution in [2.45, 2.75) is 23.1 Å². The first-order valence-electron chi connectivity index (χ1n) is 10.2. The van der Waals surface area contributed by atoms with Crippen molar-refractivity contribution in [3.05, 3.63) is 71.8 Å². The van der Waals surface area contributed by atoms with Gasteiger partial charge in [-0.3, -0.25) is 0 Å². The number of anilines is 1. The Bertz CT molecular complexity index is 1060. The molecular weight excluding hydrogens is 410 g/mol. The van der Waals surface area contributed by atoms with Gasteiger partial charge >= 0.3 is 0 Å². The molecule has 5 nitrogen and oxygen atoms in total. The maximum atomic E-state index is 10.5. The lowest BCUT2D eigenvalue weighted by molar-refractivity contribution is 0.406. The van der Waals surface area contributed by atoms with Crippen LogP contribution in [0.1, 0.15) is 22.8 Å². The highest BCUT2D eigenvalue weighted by atomic mass is 32.2. The predicted octanol–water partition coefficient (Wildman–Crippen LogP) is 5.66. The lowest BCUT2D eigenvalue weighted by atomic mass is 10.1. The van der Waals surface area contributed by atoms with Crippen LogP contribution in [0.25, 0.3) is 0 Å². The highest BCUT2D eigenvalue weighted by Crippen LogP contribution is 2.48. The Kier molecular flexibility index (Phi) is 6.47. The van der Waals surface area contributed by atoms with Crippen molar-refractivity contribution in [3.63, 3.8) is 0 Å². The first-order chi connectivity index (χ1) is 15.1. The molecule has 1 aliphatic rings. The number of hydrogen-bond acceptors (Lipinski definition) is 6. The summed E-state index contributed by atoms with van der Waals surface area (Å²) >= 11 is 1.83. The molecule has 6 heteroatoms. The van der Waals surface area contributed by atoms with E-state index >= 15 is 0 Å². The zero-order chi connectivity index (χ0) is 21.8. The number of benzene rings is 3. The number of thioether (sulfide) groups is 1. The summed E-state index contributed by atoms with van der Waals surface area (Å²) in [5.74, 6) is 2.63. The zero-order valence-electron chi connectivity index (χ0n) is 18.0. The summed E-state index contributed by atoms with van der Waals surface area (Å²) in [5, 5.41) is 10.8. The van der Waals surface area contributed by atoms with Crippen LogP contribution < -0.4 is 19.1 Å². The Morgan fingerprint density at radius 1 is 0.935 bits per heavy atom. The van der Waals surface area contributed by atoms with Gasteiger partial charge in [0.15, 0.2) is 0 Å². The van der Waals surface area contributed by atoms with Gasteiger partial charge in [0.05, 0.1) is 27.0 Å². The molecule has 3 aromatic carbocycles. The van der Waals surface area contributed by atoms with Crippen LogP contribution in [0.3, 0.4) is 0 Å². The third-order valence-corrected chi connectivity index (χ3v) is 6.93. The molecule has 0 saturated carbocycles. The van der Waals surface area contributed by atoms with Crippen LogP contribution in [0, 0.1) is 0 Å². The van der Waals surface area contributed by atoms with E-state index in [2.05, 4.69) is 29.2 Å². The molecule has 0 radical (unpaired) electrons. The van der Waals surface area contributed by atoms with Crippen LogP contribution in [0.4, 0.5) is 5.69 Å². The molecule has 1 heterocycles. The Hall–Kier alpha value is -2.99. The first kappa shape index (κ1) is 21.2. The van der Waals surface area contributed by atoms with E-state index in [1.165, 1.54) is 5.56 Å². The topological polar surface area (TPSA) is 51.2 Å². The summed E-state index contributed by atoms with van der Waals surface area (Å²) in [6.45, 7) is 1.45. The number of phenolic OH excluding ortho intramolecular Hbond substituents is 1. The van der Waals surface area contributed by atoms with Gasteiger partial charge < -0.3 is 24.2 Å². The molecule has 1 unspecified atom stereocenters. The highest BCUT2D eigenvalue weighted by Gasteiger charge is 2.26. The van der Waals surface area contributed by atoms with Crippen LogP contribution in [-0.4, -0.2) is 33.0 Å². The second-order valence-electron chi connectivity index (χ2n) is 7.39. The highest BCUT2D eigenvalue weighted by molar-refractivity contribution is 7.99. The van der Waals surface area contributed by atoms with Gasteiger partial charge in [-0.25, -0.2) is 0 Å². The van der Waals surface area contributed by atoms with E-state index in [4.69, 9.17) is 14.2 Å². The van der Waals surface area contributed by atoms with Crippen LogP contribution in [0.5, 0.6) is 23.0 Å². The molecule has 1 atom stereocenters. The van der Waals surface area contributed by atoms with Crippen molar-refractivity contribution in [2.75, 3.05) is 32.8 Å². The van der Waals surface area contributed by atoms with E-state index in [-0.39, 0.29) is 11.0 Å². The average molecular weight is 438 g/mol. The third kappa shape index (κ3) is 4.54. The van der Waals surface area contributed by atoms with Crippen molar-refractivity contribution in [1.82, 2.24) is 0 Å². The summed E-state index contributed by atoms with van der Waals surface area (Å²) in [6, 6.07) is 19.9. The Labute approximate surface area is 187 Å². The minimum atomic E-state index is 0.243.